The Kier molecular flexibility index (Phi) is 4.34. The number of aryl methyl sites for hydroxylation is 1. The quantitative estimate of drug-likeness (QED) is 0.821. The zero-order valence-corrected chi connectivity index (χ0v) is 11.9. The molecule has 0 atom stereocenters. The highest BCUT2D eigenvalue weighted by Crippen LogP contribution is 2.43. The summed E-state index contributed by atoms with van der Waals surface area (Å²) in [5.41, 5.74) is 1.16. The maximum absolute atomic E-state index is 5.05. The van der Waals surface area contributed by atoms with Crippen LogP contribution in [-0.2, 0) is 11.2 Å². The molecule has 0 bridgehead atoms. The third kappa shape index (κ3) is 3.16. The van der Waals surface area contributed by atoms with E-state index in [-0.39, 0.29) is 0 Å². The Balaban J connectivity index is 2.17. The second kappa shape index (κ2) is 5.78. The number of methoxy groups -OCH3 is 1. The maximum atomic E-state index is 5.05. The van der Waals surface area contributed by atoms with Crippen LogP contribution in [-0.4, -0.2) is 30.7 Å². The lowest BCUT2D eigenvalue weighted by molar-refractivity contribution is 0.194. The van der Waals surface area contributed by atoms with E-state index in [0.717, 1.165) is 41.3 Å². The van der Waals surface area contributed by atoms with Gasteiger partial charge < -0.3 is 10.1 Å². The lowest BCUT2D eigenvalue weighted by Crippen LogP contribution is -2.06. The fourth-order valence-electron chi connectivity index (χ4n) is 1.79. The summed E-state index contributed by atoms with van der Waals surface area (Å²) in [7, 11) is 3.61. The Labute approximate surface area is 110 Å². The van der Waals surface area contributed by atoms with Crippen LogP contribution in [0.2, 0.25) is 0 Å². The topological polar surface area (TPSA) is 47.0 Å². The molecule has 4 nitrogen and oxygen atoms in total. The van der Waals surface area contributed by atoms with Gasteiger partial charge in [0.1, 0.15) is 11.6 Å². The van der Waals surface area contributed by atoms with Crippen LogP contribution in [0.25, 0.3) is 0 Å². The summed E-state index contributed by atoms with van der Waals surface area (Å²) >= 11 is 3.59. The normalized spacial score (nSPS) is 15.0. The Morgan fingerprint density at radius 1 is 1.41 bits per heavy atom. The van der Waals surface area contributed by atoms with Crippen LogP contribution in [0.4, 0.5) is 5.82 Å². The van der Waals surface area contributed by atoms with Crippen molar-refractivity contribution in [2.75, 3.05) is 26.1 Å². The van der Waals surface area contributed by atoms with E-state index in [4.69, 9.17) is 4.74 Å². The Morgan fingerprint density at radius 2 is 2.18 bits per heavy atom. The molecule has 0 aliphatic heterocycles. The summed E-state index contributed by atoms with van der Waals surface area (Å²) in [4.78, 5) is 9.17. The van der Waals surface area contributed by atoms with E-state index < -0.39 is 0 Å². The number of ether oxygens (including phenoxy) is 1. The smallest absolute Gasteiger partial charge is 0.144 e. The second-order valence-corrected chi connectivity index (χ2v) is 5.10. The van der Waals surface area contributed by atoms with Crippen molar-refractivity contribution in [3.8, 4) is 0 Å². The third-order valence-electron chi connectivity index (χ3n) is 2.87. The van der Waals surface area contributed by atoms with Crippen molar-refractivity contribution in [1.29, 1.82) is 0 Å². The van der Waals surface area contributed by atoms with Gasteiger partial charge in [0.25, 0.3) is 0 Å². The Morgan fingerprint density at radius 3 is 2.76 bits per heavy atom. The second-order valence-electron chi connectivity index (χ2n) is 4.31. The van der Waals surface area contributed by atoms with Gasteiger partial charge in [-0.15, -0.1) is 0 Å². The molecule has 0 saturated heterocycles. The zero-order valence-electron chi connectivity index (χ0n) is 10.3. The largest absolute Gasteiger partial charge is 0.385 e. The highest BCUT2D eigenvalue weighted by atomic mass is 79.9. The highest BCUT2D eigenvalue weighted by Gasteiger charge is 2.29. The van der Waals surface area contributed by atoms with Crippen molar-refractivity contribution >= 4 is 21.7 Å². The molecule has 1 N–H and O–H groups in total. The van der Waals surface area contributed by atoms with Crippen LogP contribution in [0.15, 0.2) is 4.47 Å². The molecule has 1 aliphatic carbocycles. The number of hydrogen-bond acceptors (Lipinski definition) is 4. The third-order valence-corrected chi connectivity index (χ3v) is 3.65. The van der Waals surface area contributed by atoms with E-state index in [9.17, 15) is 0 Å². The van der Waals surface area contributed by atoms with E-state index in [1.165, 1.54) is 12.8 Å². The van der Waals surface area contributed by atoms with Crippen molar-refractivity contribution < 1.29 is 4.74 Å². The molecule has 2 rings (SSSR count). The van der Waals surface area contributed by atoms with Crippen molar-refractivity contribution in [2.24, 2.45) is 0 Å². The van der Waals surface area contributed by atoms with E-state index in [0.29, 0.717) is 5.92 Å². The number of halogens is 1. The lowest BCUT2D eigenvalue weighted by Gasteiger charge is -2.10. The van der Waals surface area contributed by atoms with Gasteiger partial charge >= 0.3 is 0 Å². The average Bonchev–Trinajstić information content (AvgIpc) is 3.15. The molecule has 0 radical (unpaired) electrons. The monoisotopic (exact) mass is 299 g/mol. The highest BCUT2D eigenvalue weighted by molar-refractivity contribution is 9.10. The molecule has 94 valence electrons. The van der Waals surface area contributed by atoms with Gasteiger partial charge in [-0.3, -0.25) is 0 Å². The van der Waals surface area contributed by atoms with Gasteiger partial charge in [-0.2, -0.15) is 0 Å². The minimum atomic E-state index is 0.626. The van der Waals surface area contributed by atoms with Crippen molar-refractivity contribution in [3.63, 3.8) is 0 Å². The summed E-state index contributed by atoms with van der Waals surface area (Å²) < 4.78 is 6.08. The molecule has 1 aromatic heterocycles. The van der Waals surface area contributed by atoms with Gasteiger partial charge in [-0.05, 0) is 35.2 Å². The first kappa shape index (κ1) is 12.8. The van der Waals surface area contributed by atoms with E-state index >= 15 is 0 Å². The Bertz CT molecular complexity index is 394. The predicted molar refractivity (Wildman–Crippen MR) is 71.5 cm³/mol. The molecule has 1 aliphatic rings. The molecule has 0 aromatic carbocycles. The zero-order chi connectivity index (χ0) is 12.3. The first-order valence-corrected chi connectivity index (χ1v) is 6.78. The molecule has 1 fully saturated rings. The maximum Gasteiger partial charge on any atom is 0.144 e. The van der Waals surface area contributed by atoms with Crippen molar-refractivity contribution in [1.82, 2.24) is 9.97 Å². The molecule has 0 spiro atoms. The van der Waals surface area contributed by atoms with Gasteiger partial charge in [0, 0.05) is 33.1 Å². The molecule has 1 heterocycles. The van der Waals surface area contributed by atoms with Crippen LogP contribution >= 0.6 is 15.9 Å². The number of nitrogens with zero attached hydrogens (tertiary/aromatic N) is 2. The number of hydrogen-bond donors (Lipinski definition) is 1. The minimum absolute atomic E-state index is 0.626. The summed E-state index contributed by atoms with van der Waals surface area (Å²) in [6.45, 7) is 0.757. The summed E-state index contributed by atoms with van der Waals surface area (Å²) in [5.74, 6) is 2.44. The van der Waals surface area contributed by atoms with Gasteiger partial charge in [-0.1, -0.05) is 0 Å². The van der Waals surface area contributed by atoms with E-state index in [1.807, 2.05) is 7.05 Å². The van der Waals surface area contributed by atoms with E-state index in [2.05, 4.69) is 31.2 Å². The summed E-state index contributed by atoms with van der Waals surface area (Å²) in [5, 5.41) is 3.12. The van der Waals surface area contributed by atoms with Gasteiger partial charge in [0.2, 0.25) is 0 Å². The van der Waals surface area contributed by atoms with Crippen LogP contribution in [0.5, 0.6) is 0 Å². The molecular weight excluding hydrogens is 282 g/mol. The molecule has 1 aromatic rings. The molecule has 0 amide bonds. The van der Waals surface area contributed by atoms with Crippen LogP contribution in [0.1, 0.15) is 36.7 Å². The molecule has 0 unspecified atom stereocenters. The van der Waals surface area contributed by atoms with Crippen LogP contribution < -0.4 is 5.32 Å². The average molecular weight is 300 g/mol. The molecule has 1 saturated carbocycles. The van der Waals surface area contributed by atoms with Gasteiger partial charge in [0.05, 0.1) is 10.2 Å². The first-order chi connectivity index (χ1) is 8.26. The summed E-state index contributed by atoms with van der Waals surface area (Å²) in [6.07, 6.45) is 4.33. The minimum Gasteiger partial charge on any atom is -0.385 e. The molecule has 5 heteroatoms. The number of rotatable bonds is 6. The summed E-state index contributed by atoms with van der Waals surface area (Å²) in [6, 6.07) is 0. The molecular formula is C12H18BrN3O. The van der Waals surface area contributed by atoms with Crippen LogP contribution in [0, 0.1) is 0 Å². The van der Waals surface area contributed by atoms with Crippen molar-refractivity contribution in [2.45, 2.75) is 31.6 Å². The fraction of sp³-hybridized carbons (Fsp3) is 0.667. The van der Waals surface area contributed by atoms with E-state index in [1.54, 1.807) is 7.11 Å². The predicted octanol–water partition coefficient (Wildman–Crippen LogP) is 2.74. The number of nitrogens with one attached hydrogen (secondary N) is 1. The van der Waals surface area contributed by atoms with Gasteiger partial charge in [-0.25, -0.2) is 9.97 Å². The fourth-order valence-corrected chi connectivity index (χ4v) is 2.49. The standard InChI is InChI=1S/C12H18BrN3O/c1-14-12-10(13)11(8-5-6-8)15-9(16-12)4-3-7-17-2/h8H,3-7H2,1-2H3,(H,14,15,16). The first-order valence-electron chi connectivity index (χ1n) is 5.99. The number of anilines is 1. The lowest BCUT2D eigenvalue weighted by atomic mass is 10.2. The van der Waals surface area contributed by atoms with Crippen molar-refractivity contribution in [3.05, 3.63) is 16.0 Å². The molecule has 17 heavy (non-hydrogen) atoms. The number of aromatic nitrogens is 2. The van der Waals surface area contributed by atoms with Gasteiger partial charge in [0.15, 0.2) is 0 Å². The van der Waals surface area contributed by atoms with Crippen LogP contribution in [0.3, 0.4) is 0 Å². The SMILES string of the molecule is CNc1nc(CCCOC)nc(C2CC2)c1Br. The Hall–Kier alpha value is -0.680.